The molecule has 0 aliphatic carbocycles. The van der Waals surface area contributed by atoms with Crippen LogP contribution in [0.2, 0.25) is 5.02 Å². The molecule has 1 heterocycles. The lowest BCUT2D eigenvalue weighted by molar-refractivity contribution is 0.00578. The van der Waals surface area contributed by atoms with Gasteiger partial charge in [0.15, 0.2) is 0 Å². The molecule has 104 valence electrons. The van der Waals surface area contributed by atoms with Crippen LogP contribution in [0.4, 0.5) is 0 Å². The van der Waals surface area contributed by atoms with E-state index < -0.39 is 7.12 Å². The lowest BCUT2D eigenvalue weighted by Gasteiger charge is -2.32. The van der Waals surface area contributed by atoms with E-state index in [1.807, 2.05) is 39.8 Å². The van der Waals surface area contributed by atoms with E-state index in [0.29, 0.717) is 10.8 Å². The summed E-state index contributed by atoms with van der Waals surface area (Å²) in [5, 5.41) is 0.549. The molecule has 1 fully saturated rings. The first kappa shape index (κ1) is 15.4. The van der Waals surface area contributed by atoms with Gasteiger partial charge in [0.25, 0.3) is 0 Å². The molecule has 0 spiro atoms. The summed E-state index contributed by atoms with van der Waals surface area (Å²) < 4.78 is 18.3. The topological polar surface area (TPSA) is 27.7 Å². The minimum absolute atomic E-state index is 0.382. The van der Waals surface area contributed by atoms with Gasteiger partial charge < -0.3 is 14.0 Å². The van der Waals surface area contributed by atoms with Crippen molar-refractivity contribution in [1.29, 1.82) is 0 Å². The Morgan fingerprint density at radius 3 is 2.16 bits per heavy atom. The summed E-state index contributed by atoms with van der Waals surface area (Å²) in [5.74, 6) is 0.631. The fourth-order valence-corrected chi connectivity index (χ4v) is 3.08. The lowest BCUT2D eigenvalue weighted by atomic mass is 9.79. The second-order valence-electron chi connectivity index (χ2n) is 5.57. The van der Waals surface area contributed by atoms with Gasteiger partial charge in [0.2, 0.25) is 0 Å². The second kappa shape index (κ2) is 5.09. The van der Waals surface area contributed by atoms with Crippen molar-refractivity contribution in [3.8, 4) is 5.75 Å². The van der Waals surface area contributed by atoms with Crippen LogP contribution in [-0.2, 0) is 9.31 Å². The van der Waals surface area contributed by atoms with Gasteiger partial charge in [-0.2, -0.15) is 0 Å². The summed E-state index contributed by atoms with van der Waals surface area (Å²) in [7, 11) is 1.13. The Balaban J connectivity index is 2.45. The maximum atomic E-state index is 6.39. The molecular formula is C13H17BClIO3. The van der Waals surface area contributed by atoms with Gasteiger partial charge in [0.05, 0.1) is 23.3 Å². The average molecular weight is 394 g/mol. The zero-order chi connectivity index (χ0) is 14.4. The number of hydrogen-bond acceptors (Lipinski definition) is 3. The van der Waals surface area contributed by atoms with Crippen LogP contribution in [0, 0.1) is 3.57 Å². The van der Waals surface area contributed by atoms with Crippen LogP contribution in [0.1, 0.15) is 27.7 Å². The molecule has 0 amide bonds. The first-order valence-electron chi connectivity index (χ1n) is 6.07. The molecule has 0 atom stereocenters. The monoisotopic (exact) mass is 394 g/mol. The lowest BCUT2D eigenvalue weighted by Crippen LogP contribution is -2.41. The molecule has 2 rings (SSSR count). The average Bonchev–Trinajstić information content (AvgIpc) is 2.48. The quantitative estimate of drug-likeness (QED) is 0.569. The molecular weight excluding hydrogens is 377 g/mol. The number of rotatable bonds is 2. The Morgan fingerprint density at radius 2 is 1.68 bits per heavy atom. The van der Waals surface area contributed by atoms with E-state index in [4.69, 9.17) is 25.6 Å². The maximum Gasteiger partial charge on any atom is 0.497 e. The summed E-state index contributed by atoms with van der Waals surface area (Å²) in [5.41, 5.74) is 0.0700. The van der Waals surface area contributed by atoms with Crippen molar-refractivity contribution in [2.24, 2.45) is 0 Å². The summed E-state index contributed by atoms with van der Waals surface area (Å²) in [6.45, 7) is 8.09. The Labute approximate surface area is 133 Å². The molecule has 0 unspecified atom stereocenters. The van der Waals surface area contributed by atoms with Crippen LogP contribution in [-0.4, -0.2) is 25.4 Å². The van der Waals surface area contributed by atoms with E-state index in [1.54, 1.807) is 7.11 Å². The van der Waals surface area contributed by atoms with Crippen LogP contribution in [0.3, 0.4) is 0 Å². The van der Waals surface area contributed by atoms with Crippen molar-refractivity contribution in [2.45, 2.75) is 38.9 Å². The highest BCUT2D eigenvalue weighted by molar-refractivity contribution is 14.1. The summed E-state index contributed by atoms with van der Waals surface area (Å²) in [4.78, 5) is 0. The molecule has 0 bridgehead atoms. The highest BCUT2D eigenvalue weighted by Crippen LogP contribution is 2.38. The summed E-state index contributed by atoms with van der Waals surface area (Å²) >= 11 is 8.62. The minimum Gasteiger partial charge on any atom is -0.495 e. The van der Waals surface area contributed by atoms with Gasteiger partial charge in [-0.25, -0.2) is 0 Å². The predicted molar refractivity (Wildman–Crippen MR) is 86.4 cm³/mol. The zero-order valence-electron chi connectivity index (χ0n) is 11.7. The van der Waals surface area contributed by atoms with Crippen molar-refractivity contribution in [2.75, 3.05) is 7.11 Å². The van der Waals surface area contributed by atoms with Gasteiger partial charge in [0.1, 0.15) is 5.75 Å². The molecule has 1 aromatic carbocycles. The summed E-state index contributed by atoms with van der Waals surface area (Å²) in [6.07, 6.45) is 0. The highest BCUT2D eigenvalue weighted by atomic mass is 127. The van der Waals surface area contributed by atoms with Crippen molar-refractivity contribution in [3.05, 3.63) is 20.7 Å². The zero-order valence-corrected chi connectivity index (χ0v) is 14.6. The minimum atomic E-state index is -0.473. The van der Waals surface area contributed by atoms with Gasteiger partial charge in [-0.3, -0.25) is 0 Å². The third kappa shape index (κ3) is 2.62. The molecule has 1 saturated heterocycles. The molecule has 0 saturated carbocycles. The third-order valence-corrected chi connectivity index (χ3v) is 5.13. The first-order chi connectivity index (χ1) is 8.69. The van der Waals surface area contributed by atoms with Crippen LogP contribution < -0.4 is 10.2 Å². The molecule has 6 heteroatoms. The smallest absolute Gasteiger partial charge is 0.495 e. The number of ether oxygens (including phenoxy) is 1. The highest BCUT2D eigenvalue weighted by Gasteiger charge is 2.52. The van der Waals surface area contributed by atoms with Gasteiger partial charge in [0, 0.05) is 9.03 Å². The van der Waals surface area contributed by atoms with E-state index in [0.717, 1.165) is 9.03 Å². The largest absolute Gasteiger partial charge is 0.497 e. The Kier molecular flexibility index (Phi) is 4.13. The first-order valence-corrected chi connectivity index (χ1v) is 7.53. The maximum absolute atomic E-state index is 6.39. The molecule has 3 nitrogen and oxygen atoms in total. The molecule has 0 aromatic heterocycles. The number of hydrogen-bond donors (Lipinski definition) is 0. The van der Waals surface area contributed by atoms with Gasteiger partial charge in [-0.05, 0) is 62.4 Å². The van der Waals surface area contributed by atoms with Crippen molar-refractivity contribution in [3.63, 3.8) is 0 Å². The van der Waals surface area contributed by atoms with Crippen LogP contribution in [0.5, 0.6) is 5.75 Å². The Hall–Kier alpha value is 0.0249. The van der Waals surface area contributed by atoms with Crippen molar-refractivity contribution >= 4 is 46.8 Å². The van der Waals surface area contributed by atoms with E-state index in [9.17, 15) is 0 Å². The molecule has 0 N–H and O–H groups in total. The summed E-state index contributed by atoms with van der Waals surface area (Å²) in [6, 6.07) is 3.80. The van der Waals surface area contributed by atoms with Crippen molar-refractivity contribution < 1.29 is 14.0 Å². The predicted octanol–water partition coefficient (Wildman–Crippen LogP) is 3.25. The SMILES string of the molecule is COc1ccc(I)c(B2OC(C)(C)C(C)(C)O2)c1Cl. The van der Waals surface area contributed by atoms with E-state index >= 15 is 0 Å². The number of benzene rings is 1. The molecule has 1 aliphatic heterocycles. The molecule has 19 heavy (non-hydrogen) atoms. The van der Waals surface area contributed by atoms with Crippen molar-refractivity contribution in [1.82, 2.24) is 0 Å². The molecule has 1 aromatic rings. The molecule has 0 radical (unpaired) electrons. The van der Waals surface area contributed by atoms with Gasteiger partial charge in [-0.15, -0.1) is 0 Å². The fourth-order valence-electron chi connectivity index (χ4n) is 1.88. The third-order valence-electron chi connectivity index (χ3n) is 3.80. The van der Waals surface area contributed by atoms with Gasteiger partial charge in [-0.1, -0.05) is 11.6 Å². The normalized spacial score (nSPS) is 20.7. The van der Waals surface area contributed by atoms with E-state index in [2.05, 4.69) is 22.6 Å². The van der Waals surface area contributed by atoms with Crippen LogP contribution in [0.25, 0.3) is 0 Å². The standard InChI is InChI=1S/C13H17BClIO3/c1-12(2)13(3,4)19-14(18-12)10-8(16)6-7-9(17-5)11(10)15/h6-7H,1-5H3. The molecule has 1 aliphatic rings. The van der Waals surface area contributed by atoms with Crippen LogP contribution >= 0.6 is 34.2 Å². The van der Waals surface area contributed by atoms with Gasteiger partial charge >= 0.3 is 7.12 Å². The van der Waals surface area contributed by atoms with Crippen LogP contribution in [0.15, 0.2) is 12.1 Å². The van der Waals surface area contributed by atoms with E-state index in [-0.39, 0.29) is 11.2 Å². The Morgan fingerprint density at radius 1 is 1.16 bits per heavy atom. The number of methoxy groups -OCH3 is 1. The Bertz CT molecular complexity index is 489. The fraction of sp³-hybridized carbons (Fsp3) is 0.538. The van der Waals surface area contributed by atoms with E-state index in [1.165, 1.54) is 0 Å². The number of halogens is 2. The second-order valence-corrected chi connectivity index (χ2v) is 7.11.